The van der Waals surface area contributed by atoms with Crippen molar-refractivity contribution in [2.45, 2.75) is 78.7 Å². The molecule has 1 heteroatoms. The SMILES string of the molecule is C/C1=C\C[C@H]2CC[C@]3(C)OC=C(C/C(C)=C/CC1)[C@@H]3C2(C)C. The summed E-state index contributed by atoms with van der Waals surface area (Å²) in [4.78, 5) is 0. The summed E-state index contributed by atoms with van der Waals surface area (Å²) >= 11 is 0. The smallest absolute Gasteiger partial charge is 0.112 e. The number of fused-ring (bicyclic) bond motifs is 1. The van der Waals surface area contributed by atoms with E-state index in [1.54, 1.807) is 5.57 Å². The van der Waals surface area contributed by atoms with Crippen LogP contribution in [0.1, 0.15) is 73.1 Å². The quantitative estimate of drug-likeness (QED) is 0.485. The molecule has 2 bridgehead atoms. The van der Waals surface area contributed by atoms with Gasteiger partial charge in [0.15, 0.2) is 0 Å². The van der Waals surface area contributed by atoms with Crippen LogP contribution < -0.4 is 0 Å². The largest absolute Gasteiger partial charge is 0.495 e. The van der Waals surface area contributed by atoms with Crippen LogP contribution >= 0.6 is 0 Å². The fourth-order valence-electron chi connectivity index (χ4n) is 5.23. The molecule has 1 heterocycles. The molecule has 0 aromatic rings. The highest BCUT2D eigenvalue weighted by molar-refractivity contribution is 5.27. The van der Waals surface area contributed by atoms with E-state index >= 15 is 0 Å². The highest BCUT2D eigenvalue weighted by atomic mass is 16.5. The van der Waals surface area contributed by atoms with Gasteiger partial charge in [0.1, 0.15) is 5.60 Å². The third-order valence-electron chi connectivity index (χ3n) is 6.51. The molecule has 0 amide bonds. The van der Waals surface area contributed by atoms with E-state index in [-0.39, 0.29) is 5.60 Å². The van der Waals surface area contributed by atoms with Crippen LogP contribution in [0, 0.1) is 17.3 Å². The molecule has 0 radical (unpaired) electrons. The van der Waals surface area contributed by atoms with Gasteiger partial charge in [-0.15, -0.1) is 0 Å². The summed E-state index contributed by atoms with van der Waals surface area (Å²) in [6, 6.07) is 0. The zero-order valence-electron chi connectivity index (χ0n) is 15.0. The predicted molar refractivity (Wildman–Crippen MR) is 93.6 cm³/mol. The predicted octanol–water partition coefficient (Wildman–Crippen LogP) is 6.18. The van der Waals surface area contributed by atoms with Crippen LogP contribution in [0.5, 0.6) is 0 Å². The fourth-order valence-corrected chi connectivity index (χ4v) is 5.23. The molecule has 3 aliphatic rings. The van der Waals surface area contributed by atoms with Crippen molar-refractivity contribution in [3.05, 3.63) is 35.1 Å². The van der Waals surface area contributed by atoms with Crippen LogP contribution in [0.25, 0.3) is 0 Å². The Bertz CT molecular complexity index is 534. The highest BCUT2D eigenvalue weighted by Gasteiger charge is 2.55. The van der Waals surface area contributed by atoms with Crippen molar-refractivity contribution in [2.24, 2.45) is 17.3 Å². The Morgan fingerprint density at radius 2 is 1.86 bits per heavy atom. The third-order valence-corrected chi connectivity index (χ3v) is 6.51. The van der Waals surface area contributed by atoms with Crippen molar-refractivity contribution in [2.75, 3.05) is 0 Å². The van der Waals surface area contributed by atoms with E-state index in [2.05, 4.69) is 53.0 Å². The standard InChI is InChI=1S/C21H32O/c1-15-7-6-8-16(2)13-17-14-22-21(5)12-11-18(10-9-15)20(3,4)19(17)21/h8-9,14,18-19H,6-7,10-13H2,1-5H3/b15-9+,16-8+/t18-,19+,21-/m0/s1. The van der Waals surface area contributed by atoms with Gasteiger partial charge < -0.3 is 4.74 Å². The van der Waals surface area contributed by atoms with Gasteiger partial charge in [0.2, 0.25) is 0 Å². The van der Waals surface area contributed by atoms with Crippen molar-refractivity contribution >= 4 is 0 Å². The number of rotatable bonds is 0. The Labute approximate surface area is 136 Å². The van der Waals surface area contributed by atoms with Crippen LogP contribution in [0.2, 0.25) is 0 Å². The maximum absolute atomic E-state index is 6.23. The van der Waals surface area contributed by atoms with Crippen molar-refractivity contribution in [1.82, 2.24) is 0 Å². The first-order chi connectivity index (χ1) is 10.3. The van der Waals surface area contributed by atoms with E-state index in [0.29, 0.717) is 11.3 Å². The van der Waals surface area contributed by atoms with Gasteiger partial charge in [-0.05, 0) is 76.2 Å². The number of hydrogen-bond acceptors (Lipinski definition) is 1. The van der Waals surface area contributed by atoms with E-state index in [4.69, 9.17) is 4.74 Å². The van der Waals surface area contributed by atoms with Crippen LogP contribution in [-0.2, 0) is 4.74 Å². The second-order valence-electron chi connectivity index (χ2n) is 8.67. The summed E-state index contributed by atoms with van der Waals surface area (Å²) in [5.74, 6) is 1.34. The molecule has 0 unspecified atom stereocenters. The van der Waals surface area contributed by atoms with Crippen molar-refractivity contribution in [1.29, 1.82) is 0 Å². The Hall–Kier alpha value is -0.980. The van der Waals surface area contributed by atoms with Gasteiger partial charge in [0, 0.05) is 5.92 Å². The minimum atomic E-state index is 0.0263. The first kappa shape index (κ1) is 15.9. The first-order valence-electron chi connectivity index (χ1n) is 9.01. The molecule has 2 aliphatic carbocycles. The minimum Gasteiger partial charge on any atom is -0.495 e. The summed E-state index contributed by atoms with van der Waals surface area (Å²) in [5.41, 5.74) is 4.94. The van der Waals surface area contributed by atoms with Crippen molar-refractivity contribution < 1.29 is 4.74 Å². The van der Waals surface area contributed by atoms with Crippen LogP contribution in [0.4, 0.5) is 0 Å². The van der Waals surface area contributed by atoms with Crippen molar-refractivity contribution in [3.63, 3.8) is 0 Å². The monoisotopic (exact) mass is 300 g/mol. The average Bonchev–Trinajstić information content (AvgIpc) is 2.75. The van der Waals surface area contributed by atoms with Crippen molar-refractivity contribution in [3.8, 4) is 0 Å². The Morgan fingerprint density at radius 1 is 1.09 bits per heavy atom. The molecule has 122 valence electrons. The first-order valence-corrected chi connectivity index (χ1v) is 9.01. The van der Waals surface area contributed by atoms with E-state index in [9.17, 15) is 0 Å². The van der Waals surface area contributed by atoms with E-state index < -0.39 is 0 Å². The lowest BCUT2D eigenvalue weighted by atomic mass is 9.54. The van der Waals surface area contributed by atoms with Gasteiger partial charge in [-0.1, -0.05) is 37.1 Å². The third kappa shape index (κ3) is 2.68. The van der Waals surface area contributed by atoms with Crippen LogP contribution in [0.3, 0.4) is 0 Å². The average molecular weight is 300 g/mol. The molecule has 1 fully saturated rings. The Kier molecular flexibility index (Phi) is 4.03. The molecule has 1 nitrogen and oxygen atoms in total. The van der Waals surface area contributed by atoms with Gasteiger partial charge in [0.25, 0.3) is 0 Å². The van der Waals surface area contributed by atoms with Gasteiger partial charge >= 0.3 is 0 Å². The number of ether oxygens (including phenoxy) is 1. The molecule has 0 saturated heterocycles. The lowest BCUT2D eigenvalue weighted by molar-refractivity contribution is -0.0824. The van der Waals surface area contributed by atoms with Crippen LogP contribution in [0.15, 0.2) is 35.1 Å². The Morgan fingerprint density at radius 3 is 2.64 bits per heavy atom. The molecule has 1 saturated carbocycles. The summed E-state index contributed by atoms with van der Waals surface area (Å²) in [7, 11) is 0. The van der Waals surface area contributed by atoms with Crippen LogP contribution in [-0.4, -0.2) is 5.60 Å². The molecule has 3 rings (SSSR count). The minimum absolute atomic E-state index is 0.0263. The van der Waals surface area contributed by atoms with Gasteiger partial charge in [-0.2, -0.15) is 0 Å². The number of allylic oxidation sites excluding steroid dienone is 4. The normalized spacial score (nSPS) is 42.7. The molecule has 0 aromatic heterocycles. The zero-order chi connectivity index (χ0) is 16.0. The maximum Gasteiger partial charge on any atom is 0.112 e. The molecule has 1 aliphatic heterocycles. The Balaban J connectivity index is 1.99. The molecule has 0 spiro atoms. The number of hydrogen-bond donors (Lipinski definition) is 0. The second kappa shape index (κ2) is 5.58. The van der Waals surface area contributed by atoms with E-state index in [1.807, 2.05) is 0 Å². The summed E-state index contributed by atoms with van der Waals surface area (Å²) < 4.78 is 6.23. The lowest BCUT2D eigenvalue weighted by Gasteiger charge is -2.51. The molecule has 22 heavy (non-hydrogen) atoms. The van der Waals surface area contributed by atoms with Gasteiger partial charge in [-0.3, -0.25) is 0 Å². The lowest BCUT2D eigenvalue weighted by Crippen LogP contribution is -2.50. The van der Waals surface area contributed by atoms with E-state index in [0.717, 1.165) is 12.3 Å². The second-order valence-corrected chi connectivity index (χ2v) is 8.67. The van der Waals surface area contributed by atoms with Gasteiger partial charge in [0.05, 0.1) is 6.26 Å². The highest BCUT2D eigenvalue weighted by Crippen LogP contribution is 2.58. The molecule has 0 N–H and O–H groups in total. The summed E-state index contributed by atoms with van der Waals surface area (Å²) in [6.07, 6.45) is 14.3. The van der Waals surface area contributed by atoms with E-state index in [1.165, 1.54) is 43.3 Å². The molecular formula is C21H32O. The zero-order valence-corrected chi connectivity index (χ0v) is 15.0. The maximum atomic E-state index is 6.23. The van der Waals surface area contributed by atoms with Gasteiger partial charge in [-0.25, -0.2) is 0 Å². The summed E-state index contributed by atoms with van der Waals surface area (Å²) in [6.45, 7) is 11.9. The summed E-state index contributed by atoms with van der Waals surface area (Å²) in [5, 5.41) is 0. The topological polar surface area (TPSA) is 9.23 Å². The fraction of sp³-hybridized carbons (Fsp3) is 0.714. The molecular weight excluding hydrogens is 268 g/mol. The molecule has 3 atom stereocenters. The molecule has 0 aromatic carbocycles.